The lowest BCUT2D eigenvalue weighted by Crippen LogP contribution is -1.98. The standard InChI is InChI=1S/C20H12BrNO3/c21-15-7-5-13(6-8-15)14(12-22)11-16-9-10-19(25-16)17-3-1-2-4-18(17)20(23)24/h1-11H,(H,23,24)/b14-11-. The van der Waals surface area contributed by atoms with Gasteiger partial charge in [-0.05, 0) is 42.0 Å². The van der Waals surface area contributed by atoms with Crippen LogP contribution < -0.4 is 0 Å². The fourth-order valence-corrected chi connectivity index (χ4v) is 2.68. The quantitative estimate of drug-likeness (QED) is 0.596. The van der Waals surface area contributed by atoms with Crippen molar-refractivity contribution in [3.8, 4) is 17.4 Å². The van der Waals surface area contributed by atoms with Crippen LogP contribution in [0.3, 0.4) is 0 Å². The highest BCUT2D eigenvalue weighted by molar-refractivity contribution is 9.10. The van der Waals surface area contributed by atoms with Crippen LogP contribution >= 0.6 is 15.9 Å². The minimum atomic E-state index is -1.02. The second-order valence-electron chi connectivity index (χ2n) is 5.23. The maximum atomic E-state index is 11.3. The fourth-order valence-electron chi connectivity index (χ4n) is 2.41. The van der Waals surface area contributed by atoms with Crippen molar-refractivity contribution in [3.63, 3.8) is 0 Å². The molecule has 0 aliphatic heterocycles. The second kappa shape index (κ2) is 7.20. The number of carbonyl (C=O) groups is 1. The lowest BCUT2D eigenvalue weighted by molar-refractivity contribution is 0.0697. The van der Waals surface area contributed by atoms with E-state index in [9.17, 15) is 15.2 Å². The topological polar surface area (TPSA) is 74.2 Å². The number of nitriles is 1. The Bertz CT molecular complexity index is 994. The molecule has 0 atom stereocenters. The van der Waals surface area contributed by atoms with Crippen LogP contribution in [0.15, 0.2) is 69.6 Å². The zero-order chi connectivity index (χ0) is 17.8. The van der Waals surface area contributed by atoms with E-state index in [-0.39, 0.29) is 5.56 Å². The number of nitrogens with zero attached hydrogens (tertiary/aromatic N) is 1. The predicted molar refractivity (Wildman–Crippen MR) is 98.7 cm³/mol. The molecule has 0 aliphatic rings. The van der Waals surface area contributed by atoms with Gasteiger partial charge in [0.1, 0.15) is 11.5 Å². The monoisotopic (exact) mass is 393 g/mol. The van der Waals surface area contributed by atoms with Crippen LogP contribution in [0, 0.1) is 11.3 Å². The fraction of sp³-hybridized carbons (Fsp3) is 0. The van der Waals surface area contributed by atoms with E-state index in [4.69, 9.17) is 4.42 Å². The number of allylic oxidation sites excluding steroid dienone is 1. The molecule has 1 heterocycles. The Balaban J connectivity index is 1.98. The number of carboxylic acid groups (broad SMARTS) is 1. The maximum Gasteiger partial charge on any atom is 0.336 e. The SMILES string of the molecule is N#C/C(=C/c1ccc(-c2ccccc2C(=O)O)o1)c1ccc(Br)cc1. The first-order valence-electron chi connectivity index (χ1n) is 7.39. The van der Waals surface area contributed by atoms with Crippen LogP contribution in [0.2, 0.25) is 0 Å². The van der Waals surface area contributed by atoms with Crippen molar-refractivity contribution in [2.45, 2.75) is 0 Å². The van der Waals surface area contributed by atoms with E-state index in [1.807, 2.05) is 24.3 Å². The van der Waals surface area contributed by atoms with Crippen molar-refractivity contribution < 1.29 is 14.3 Å². The van der Waals surface area contributed by atoms with Crippen LogP contribution in [-0.4, -0.2) is 11.1 Å². The van der Waals surface area contributed by atoms with Gasteiger partial charge in [0.15, 0.2) is 0 Å². The molecule has 0 saturated carbocycles. The van der Waals surface area contributed by atoms with E-state index < -0.39 is 5.97 Å². The summed E-state index contributed by atoms with van der Waals surface area (Å²) in [4.78, 5) is 11.3. The van der Waals surface area contributed by atoms with Gasteiger partial charge in [0.2, 0.25) is 0 Å². The van der Waals surface area contributed by atoms with E-state index in [1.54, 1.807) is 36.4 Å². The van der Waals surface area contributed by atoms with Crippen molar-refractivity contribution >= 4 is 33.5 Å². The van der Waals surface area contributed by atoms with E-state index in [0.29, 0.717) is 22.7 Å². The molecule has 1 N–H and O–H groups in total. The highest BCUT2D eigenvalue weighted by Crippen LogP contribution is 2.28. The molecule has 4 nitrogen and oxygen atoms in total. The van der Waals surface area contributed by atoms with Gasteiger partial charge in [0.05, 0.1) is 17.2 Å². The van der Waals surface area contributed by atoms with Gasteiger partial charge in [0, 0.05) is 10.0 Å². The molecule has 2 aromatic carbocycles. The molecule has 0 bridgehead atoms. The molecule has 1 aromatic heterocycles. The summed E-state index contributed by atoms with van der Waals surface area (Å²) in [5, 5.41) is 18.7. The van der Waals surface area contributed by atoms with E-state index in [1.165, 1.54) is 6.07 Å². The summed E-state index contributed by atoms with van der Waals surface area (Å²) in [6, 6.07) is 19.6. The Labute approximate surface area is 152 Å². The minimum Gasteiger partial charge on any atom is -0.478 e. The van der Waals surface area contributed by atoms with Gasteiger partial charge in [-0.3, -0.25) is 0 Å². The zero-order valence-corrected chi connectivity index (χ0v) is 14.5. The molecular formula is C20H12BrNO3. The van der Waals surface area contributed by atoms with Crippen molar-refractivity contribution in [1.82, 2.24) is 0 Å². The Morgan fingerprint density at radius 2 is 1.80 bits per heavy atom. The molecule has 0 radical (unpaired) electrons. The first-order valence-corrected chi connectivity index (χ1v) is 8.18. The average molecular weight is 394 g/mol. The molecule has 3 aromatic rings. The van der Waals surface area contributed by atoms with Gasteiger partial charge in [-0.1, -0.05) is 46.3 Å². The number of rotatable bonds is 4. The molecule has 122 valence electrons. The van der Waals surface area contributed by atoms with Crippen molar-refractivity contribution in [2.24, 2.45) is 0 Å². The van der Waals surface area contributed by atoms with Crippen LogP contribution in [0.25, 0.3) is 23.0 Å². The predicted octanol–water partition coefficient (Wildman–Crippen LogP) is 5.47. The lowest BCUT2D eigenvalue weighted by Gasteiger charge is -2.02. The van der Waals surface area contributed by atoms with Gasteiger partial charge in [0.25, 0.3) is 0 Å². The Morgan fingerprint density at radius 3 is 2.48 bits per heavy atom. The van der Waals surface area contributed by atoms with Gasteiger partial charge in [-0.2, -0.15) is 5.26 Å². The maximum absolute atomic E-state index is 11.3. The van der Waals surface area contributed by atoms with E-state index >= 15 is 0 Å². The third-order valence-electron chi connectivity index (χ3n) is 3.61. The van der Waals surface area contributed by atoms with Crippen LogP contribution in [0.1, 0.15) is 21.7 Å². The molecule has 0 amide bonds. The van der Waals surface area contributed by atoms with Gasteiger partial charge in [-0.25, -0.2) is 4.79 Å². The molecule has 25 heavy (non-hydrogen) atoms. The van der Waals surface area contributed by atoms with E-state index in [0.717, 1.165) is 10.0 Å². The molecule has 0 saturated heterocycles. The number of carboxylic acids is 1. The molecule has 0 unspecified atom stereocenters. The van der Waals surface area contributed by atoms with Crippen LogP contribution in [-0.2, 0) is 0 Å². The number of hydrogen-bond acceptors (Lipinski definition) is 3. The first-order chi connectivity index (χ1) is 12.1. The Kier molecular flexibility index (Phi) is 4.82. The summed E-state index contributed by atoms with van der Waals surface area (Å²) in [6.45, 7) is 0. The third kappa shape index (κ3) is 3.70. The summed E-state index contributed by atoms with van der Waals surface area (Å²) in [7, 11) is 0. The lowest BCUT2D eigenvalue weighted by atomic mass is 10.1. The minimum absolute atomic E-state index is 0.167. The molecular weight excluding hydrogens is 382 g/mol. The van der Waals surface area contributed by atoms with Crippen LogP contribution in [0.4, 0.5) is 0 Å². The summed E-state index contributed by atoms with van der Waals surface area (Å²) in [5.41, 5.74) is 1.90. The summed E-state index contributed by atoms with van der Waals surface area (Å²) in [5.74, 6) is -0.0938. The van der Waals surface area contributed by atoms with Crippen LogP contribution in [0.5, 0.6) is 0 Å². The number of halogens is 1. The van der Waals surface area contributed by atoms with Crippen molar-refractivity contribution in [1.29, 1.82) is 5.26 Å². The Hall–Kier alpha value is -3.10. The number of benzene rings is 2. The van der Waals surface area contributed by atoms with Crippen molar-refractivity contribution in [2.75, 3.05) is 0 Å². The first kappa shape index (κ1) is 16.7. The van der Waals surface area contributed by atoms with Gasteiger partial charge < -0.3 is 9.52 Å². The molecule has 0 fully saturated rings. The summed E-state index contributed by atoms with van der Waals surface area (Å²) < 4.78 is 6.67. The summed E-state index contributed by atoms with van der Waals surface area (Å²) in [6.07, 6.45) is 1.64. The average Bonchev–Trinajstić information content (AvgIpc) is 3.09. The largest absolute Gasteiger partial charge is 0.478 e. The number of hydrogen-bond donors (Lipinski definition) is 1. The highest BCUT2D eigenvalue weighted by Gasteiger charge is 2.14. The molecule has 0 aliphatic carbocycles. The van der Waals surface area contributed by atoms with E-state index in [2.05, 4.69) is 22.0 Å². The smallest absolute Gasteiger partial charge is 0.336 e. The second-order valence-corrected chi connectivity index (χ2v) is 6.15. The molecule has 0 spiro atoms. The number of furan rings is 1. The Morgan fingerprint density at radius 1 is 1.08 bits per heavy atom. The number of aromatic carboxylic acids is 1. The normalized spacial score (nSPS) is 11.1. The van der Waals surface area contributed by atoms with Gasteiger partial charge >= 0.3 is 5.97 Å². The zero-order valence-electron chi connectivity index (χ0n) is 12.9. The van der Waals surface area contributed by atoms with Gasteiger partial charge in [-0.15, -0.1) is 0 Å². The highest BCUT2D eigenvalue weighted by atomic mass is 79.9. The third-order valence-corrected chi connectivity index (χ3v) is 4.14. The summed E-state index contributed by atoms with van der Waals surface area (Å²) >= 11 is 3.36. The molecule has 5 heteroatoms. The molecule has 3 rings (SSSR count). The van der Waals surface area contributed by atoms with Crippen molar-refractivity contribution in [3.05, 3.63) is 82.0 Å².